The molecule has 0 atom stereocenters. The fourth-order valence-corrected chi connectivity index (χ4v) is 2.91. The second kappa shape index (κ2) is 8.82. The molecule has 0 aliphatic heterocycles. The first kappa shape index (κ1) is 18.4. The lowest BCUT2D eigenvalue weighted by atomic mass is 10.1. The minimum atomic E-state index is -0.437. The van der Waals surface area contributed by atoms with Crippen molar-refractivity contribution in [3.8, 4) is 11.5 Å². The number of rotatable bonds is 7. The molecule has 0 aliphatic rings. The highest BCUT2D eigenvalue weighted by Gasteiger charge is 2.13. The minimum Gasteiger partial charge on any atom is -0.411 e. The van der Waals surface area contributed by atoms with E-state index in [1.54, 1.807) is 18.2 Å². The van der Waals surface area contributed by atoms with Crippen molar-refractivity contribution in [3.63, 3.8) is 0 Å². The first-order chi connectivity index (χ1) is 12.6. The number of hydrogen-bond acceptors (Lipinski definition) is 5. The van der Waals surface area contributed by atoms with Crippen LogP contribution in [0.3, 0.4) is 0 Å². The Balaban J connectivity index is 1.45. The zero-order valence-corrected chi connectivity index (χ0v) is 15.2. The summed E-state index contributed by atoms with van der Waals surface area (Å²) in [5.41, 5.74) is 1.33. The number of thioether (sulfide) groups is 1. The van der Waals surface area contributed by atoms with E-state index in [1.165, 1.54) is 6.07 Å². The molecule has 0 aliphatic carbocycles. The van der Waals surface area contributed by atoms with Gasteiger partial charge in [0, 0.05) is 11.6 Å². The molecule has 1 amide bonds. The normalized spacial score (nSPS) is 10.7. The van der Waals surface area contributed by atoms with E-state index in [0.717, 1.165) is 17.3 Å². The number of nitrogens with one attached hydrogen (secondary N) is 1. The van der Waals surface area contributed by atoms with Gasteiger partial charge in [0.05, 0.1) is 11.3 Å². The number of carbonyl (C=O) groups is 1. The lowest BCUT2D eigenvalue weighted by molar-refractivity contribution is -0.118. The van der Waals surface area contributed by atoms with Gasteiger partial charge in [-0.3, -0.25) is 4.79 Å². The lowest BCUT2D eigenvalue weighted by Gasteiger charge is -2.04. The van der Waals surface area contributed by atoms with Crippen molar-refractivity contribution < 1.29 is 13.6 Å². The van der Waals surface area contributed by atoms with Gasteiger partial charge in [-0.15, -0.1) is 10.2 Å². The van der Waals surface area contributed by atoms with Gasteiger partial charge < -0.3 is 9.73 Å². The monoisotopic (exact) mass is 391 g/mol. The van der Waals surface area contributed by atoms with E-state index in [4.69, 9.17) is 16.0 Å². The van der Waals surface area contributed by atoms with Gasteiger partial charge in [0.25, 0.3) is 11.1 Å². The average Bonchev–Trinajstić information content (AvgIpc) is 3.11. The molecule has 8 heteroatoms. The minimum absolute atomic E-state index is 0.0914. The van der Waals surface area contributed by atoms with Crippen LogP contribution in [0.5, 0.6) is 0 Å². The van der Waals surface area contributed by atoms with Gasteiger partial charge in [-0.1, -0.05) is 47.6 Å². The van der Waals surface area contributed by atoms with Gasteiger partial charge in [0.2, 0.25) is 5.91 Å². The number of hydrogen-bond donors (Lipinski definition) is 1. The smallest absolute Gasteiger partial charge is 0.277 e. The largest absolute Gasteiger partial charge is 0.411 e. The highest BCUT2D eigenvalue weighted by Crippen LogP contribution is 2.24. The molecule has 0 spiro atoms. The quantitative estimate of drug-likeness (QED) is 0.617. The summed E-state index contributed by atoms with van der Waals surface area (Å²) in [5.74, 6) is -0.351. The molecular formula is C18H15ClFN3O2S. The van der Waals surface area contributed by atoms with Crippen molar-refractivity contribution in [2.75, 3.05) is 12.3 Å². The van der Waals surface area contributed by atoms with E-state index in [9.17, 15) is 9.18 Å². The summed E-state index contributed by atoms with van der Waals surface area (Å²) in [6, 6.07) is 13.6. The lowest BCUT2D eigenvalue weighted by Crippen LogP contribution is -2.27. The number of halogens is 2. The maximum Gasteiger partial charge on any atom is 0.277 e. The second-order valence-corrected chi connectivity index (χ2v) is 6.73. The van der Waals surface area contributed by atoms with Crippen molar-refractivity contribution >= 4 is 29.3 Å². The predicted molar refractivity (Wildman–Crippen MR) is 98.6 cm³/mol. The molecule has 0 saturated heterocycles. The molecule has 3 aromatic rings. The Morgan fingerprint density at radius 2 is 1.92 bits per heavy atom. The van der Waals surface area contributed by atoms with Crippen LogP contribution in [0.25, 0.3) is 11.5 Å². The number of carbonyl (C=O) groups excluding carboxylic acids is 1. The summed E-state index contributed by atoms with van der Waals surface area (Å²) in [6.45, 7) is 0.519. The molecule has 1 aromatic heterocycles. The van der Waals surface area contributed by atoms with Crippen molar-refractivity contribution in [2.45, 2.75) is 11.6 Å². The summed E-state index contributed by atoms with van der Waals surface area (Å²) >= 11 is 6.94. The summed E-state index contributed by atoms with van der Waals surface area (Å²) < 4.78 is 19.1. The summed E-state index contributed by atoms with van der Waals surface area (Å²) in [7, 11) is 0. The molecule has 1 heterocycles. The molecule has 0 fully saturated rings. The fourth-order valence-electron chi connectivity index (χ4n) is 2.19. The third-order valence-corrected chi connectivity index (χ3v) is 4.56. The molecule has 5 nitrogen and oxygen atoms in total. The highest BCUT2D eigenvalue weighted by molar-refractivity contribution is 7.99. The SMILES string of the molecule is O=C(CSc1nnc(-c2ccccc2F)o1)NCCc1ccc(Cl)cc1. The Labute approximate surface area is 159 Å². The molecule has 3 rings (SSSR count). The molecule has 0 bridgehead atoms. The molecule has 0 saturated carbocycles. The zero-order chi connectivity index (χ0) is 18.4. The predicted octanol–water partition coefficient (Wildman–Crippen LogP) is 3.98. The van der Waals surface area contributed by atoms with Gasteiger partial charge >= 0.3 is 0 Å². The first-order valence-electron chi connectivity index (χ1n) is 7.84. The zero-order valence-electron chi connectivity index (χ0n) is 13.6. The Hall–Kier alpha value is -2.38. The molecule has 26 heavy (non-hydrogen) atoms. The van der Waals surface area contributed by atoms with Crippen molar-refractivity contribution in [1.29, 1.82) is 0 Å². The summed E-state index contributed by atoms with van der Waals surface area (Å²) in [5, 5.41) is 11.4. The molecule has 2 aromatic carbocycles. The Bertz CT molecular complexity index is 886. The second-order valence-electron chi connectivity index (χ2n) is 5.37. The van der Waals surface area contributed by atoms with Crippen LogP contribution in [0, 0.1) is 5.82 Å². The van der Waals surface area contributed by atoms with Gasteiger partial charge in [-0.2, -0.15) is 0 Å². The molecule has 134 valence electrons. The van der Waals surface area contributed by atoms with Gasteiger partial charge in [0.15, 0.2) is 0 Å². The van der Waals surface area contributed by atoms with E-state index >= 15 is 0 Å². The summed E-state index contributed by atoms with van der Waals surface area (Å²) in [4.78, 5) is 11.9. The highest BCUT2D eigenvalue weighted by atomic mass is 35.5. The Morgan fingerprint density at radius 1 is 1.15 bits per heavy atom. The van der Waals surface area contributed by atoms with Gasteiger partial charge in [0.1, 0.15) is 5.82 Å². The summed E-state index contributed by atoms with van der Waals surface area (Å²) in [6.07, 6.45) is 0.714. The molecule has 0 unspecified atom stereocenters. The van der Waals surface area contributed by atoms with E-state index in [0.29, 0.717) is 18.0 Å². The third kappa shape index (κ3) is 5.06. The Morgan fingerprint density at radius 3 is 2.69 bits per heavy atom. The van der Waals surface area contributed by atoms with Gasteiger partial charge in [-0.25, -0.2) is 4.39 Å². The van der Waals surface area contributed by atoms with E-state index in [2.05, 4.69) is 15.5 Å². The standard InChI is InChI=1S/C18H15ClFN3O2S/c19-13-7-5-12(6-8-13)9-10-21-16(24)11-26-18-23-22-17(25-18)14-3-1-2-4-15(14)20/h1-8H,9-11H2,(H,21,24). The van der Waals surface area contributed by atoms with Crippen LogP contribution in [0.4, 0.5) is 4.39 Å². The van der Waals surface area contributed by atoms with Crippen molar-refractivity contribution in [1.82, 2.24) is 15.5 Å². The van der Waals surface area contributed by atoms with Gasteiger partial charge in [-0.05, 0) is 36.2 Å². The number of amides is 1. The van der Waals surface area contributed by atoms with Crippen LogP contribution in [0.15, 0.2) is 58.2 Å². The fraction of sp³-hybridized carbons (Fsp3) is 0.167. The van der Waals surface area contributed by atoms with Crippen LogP contribution in [-0.2, 0) is 11.2 Å². The topological polar surface area (TPSA) is 68.0 Å². The first-order valence-corrected chi connectivity index (χ1v) is 9.20. The van der Waals surface area contributed by atoms with Crippen LogP contribution in [-0.4, -0.2) is 28.4 Å². The molecule has 1 N–H and O–H groups in total. The maximum atomic E-state index is 13.7. The number of benzene rings is 2. The third-order valence-electron chi connectivity index (χ3n) is 3.49. The number of nitrogens with zero attached hydrogens (tertiary/aromatic N) is 2. The van der Waals surface area contributed by atoms with Crippen LogP contribution < -0.4 is 5.32 Å². The van der Waals surface area contributed by atoms with E-state index < -0.39 is 5.82 Å². The molecule has 0 radical (unpaired) electrons. The van der Waals surface area contributed by atoms with Crippen molar-refractivity contribution in [2.24, 2.45) is 0 Å². The van der Waals surface area contributed by atoms with E-state index in [1.807, 2.05) is 24.3 Å². The van der Waals surface area contributed by atoms with Crippen LogP contribution in [0.2, 0.25) is 5.02 Å². The molecular weight excluding hydrogens is 377 g/mol. The average molecular weight is 392 g/mol. The van der Waals surface area contributed by atoms with Crippen molar-refractivity contribution in [3.05, 3.63) is 64.9 Å². The van der Waals surface area contributed by atoms with Crippen LogP contribution >= 0.6 is 23.4 Å². The number of aromatic nitrogens is 2. The Kier molecular flexibility index (Phi) is 6.25. The van der Waals surface area contributed by atoms with E-state index in [-0.39, 0.29) is 28.3 Å². The van der Waals surface area contributed by atoms with Crippen LogP contribution in [0.1, 0.15) is 5.56 Å². The maximum absolute atomic E-state index is 13.7.